The SMILES string of the molecule is Cc1ccc([C@H]2[C@H](c3ccccn3)NC(=S)N2c2ccc(F)c(C)c2)o1. The molecule has 6 heteroatoms. The number of nitrogens with zero attached hydrogens (tertiary/aromatic N) is 2. The Morgan fingerprint density at radius 1 is 1.15 bits per heavy atom. The third-order valence-corrected chi connectivity index (χ3v) is 4.88. The van der Waals surface area contributed by atoms with Crippen molar-refractivity contribution in [3.63, 3.8) is 0 Å². The molecule has 0 amide bonds. The number of aromatic nitrogens is 1. The zero-order valence-electron chi connectivity index (χ0n) is 14.4. The number of halogens is 1. The maximum absolute atomic E-state index is 13.8. The second kappa shape index (κ2) is 6.53. The van der Waals surface area contributed by atoms with Crippen LogP contribution in [0.5, 0.6) is 0 Å². The van der Waals surface area contributed by atoms with E-state index in [9.17, 15) is 4.39 Å². The minimum atomic E-state index is -0.238. The first-order chi connectivity index (χ1) is 12.5. The number of hydrogen-bond donors (Lipinski definition) is 1. The Bertz CT molecular complexity index is 957. The fourth-order valence-corrected chi connectivity index (χ4v) is 3.66. The summed E-state index contributed by atoms with van der Waals surface area (Å²) in [6, 6.07) is 14.3. The molecule has 2 aromatic heterocycles. The molecule has 0 aliphatic carbocycles. The maximum Gasteiger partial charge on any atom is 0.174 e. The highest BCUT2D eigenvalue weighted by atomic mass is 32.1. The van der Waals surface area contributed by atoms with Crippen molar-refractivity contribution in [1.82, 2.24) is 10.3 Å². The number of anilines is 1. The topological polar surface area (TPSA) is 41.3 Å². The van der Waals surface area contributed by atoms with E-state index in [1.807, 2.05) is 42.2 Å². The molecule has 0 saturated carbocycles. The number of pyridine rings is 1. The van der Waals surface area contributed by atoms with Gasteiger partial charge < -0.3 is 14.6 Å². The van der Waals surface area contributed by atoms with Crippen molar-refractivity contribution in [3.05, 3.63) is 83.3 Å². The molecule has 3 aromatic rings. The van der Waals surface area contributed by atoms with Crippen LogP contribution in [0.25, 0.3) is 0 Å². The number of rotatable bonds is 3. The van der Waals surface area contributed by atoms with Gasteiger partial charge in [0.25, 0.3) is 0 Å². The molecule has 0 unspecified atom stereocenters. The van der Waals surface area contributed by atoms with Gasteiger partial charge in [-0.1, -0.05) is 6.07 Å². The highest BCUT2D eigenvalue weighted by molar-refractivity contribution is 7.80. The molecular weight excluding hydrogens is 349 g/mol. The summed E-state index contributed by atoms with van der Waals surface area (Å²) in [6.07, 6.45) is 1.76. The molecule has 132 valence electrons. The fraction of sp³-hybridized carbons (Fsp3) is 0.200. The van der Waals surface area contributed by atoms with Crippen LogP contribution in [-0.2, 0) is 0 Å². The summed E-state index contributed by atoms with van der Waals surface area (Å²) in [4.78, 5) is 6.46. The Labute approximate surface area is 156 Å². The number of thiocarbonyl (C=S) groups is 1. The predicted molar refractivity (Wildman–Crippen MR) is 103 cm³/mol. The molecule has 1 aliphatic rings. The summed E-state index contributed by atoms with van der Waals surface area (Å²) < 4.78 is 19.7. The number of hydrogen-bond acceptors (Lipinski definition) is 3. The van der Waals surface area contributed by atoms with Crippen molar-refractivity contribution in [3.8, 4) is 0 Å². The van der Waals surface area contributed by atoms with Gasteiger partial charge in [-0.3, -0.25) is 4.98 Å². The lowest BCUT2D eigenvalue weighted by Crippen LogP contribution is -2.29. The largest absolute Gasteiger partial charge is 0.464 e. The van der Waals surface area contributed by atoms with Crippen LogP contribution in [0.3, 0.4) is 0 Å². The van der Waals surface area contributed by atoms with E-state index in [0.29, 0.717) is 10.7 Å². The average Bonchev–Trinajstić information content (AvgIpc) is 3.21. The average molecular weight is 367 g/mol. The molecule has 3 heterocycles. The van der Waals surface area contributed by atoms with Gasteiger partial charge in [0.2, 0.25) is 0 Å². The smallest absolute Gasteiger partial charge is 0.174 e. The first kappa shape index (κ1) is 16.7. The maximum atomic E-state index is 13.8. The number of aryl methyl sites for hydroxylation is 2. The van der Waals surface area contributed by atoms with Gasteiger partial charge in [-0.15, -0.1) is 0 Å². The molecule has 0 spiro atoms. The van der Waals surface area contributed by atoms with Gasteiger partial charge in [-0.2, -0.15) is 0 Å². The van der Waals surface area contributed by atoms with E-state index < -0.39 is 0 Å². The van der Waals surface area contributed by atoms with Gasteiger partial charge >= 0.3 is 0 Å². The molecule has 2 atom stereocenters. The van der Waals surface area contributed by atoms with E-state index in [1.54, 1.807) is 25.3 Å². The highest BCUT2D eigenvalue weighted by Gasteiger charge is 2.42. The second-order valence-corrected chi connectivity index (χ2v) is 6.77. The molecule has 4 rings (SSSR count). The third kappa shape index (κ3) is 2.86. The van der Waals surface area contributed by atoms with Gasteiger partial charge in [0.05, 0.1) is 11.7 Å². The van der Waals surface area contributed by atoms with Crippen LogP contribution in [0.1, 0.15) is 34.9 Å². The van der Waals surface area contributed by atoms with Crippen molar-refractivity contribution in [1.29, 1.82) is 0 Å². The third-order valence-electron chi connectivity index (χ3n) is 4.57. The zero-order valence-corrected chi connectivity index (χ0v) is 15.3. The van der Waals surface area contributed by atoms with Crippen molar-refractivity contribution >= 4 is 23.0 Å². The van der Waals surface area contributed by atoms with Gasteiger partial charge in [-0.25, -0.2) is 4.39 Å². The minimum Gasteiger partial charge on any atom is -0.464 e. The van der Waals surface area contributed by atoms with Crippen LogP contribution in [0, 0.1) is 19.7 Å². The Morgan fingerprint density at radius 2 is 2.00 bits per heavy atom. The lowest BCUT2D eigenvalue weighted by Gasteiger charge is -2.26. The summed E-state index contributed by atoms with van der Waals surface area (Å²) in [5.41, 5.74) is 2.26. The Hall–Kier alpha value is -2.73. The molecule has 1 N–H and O–H groups in total. The normalized spacial score (nSPS) is 19.7. The molecule has 1 saturated heterocycles. The Kier molecular flexibility index (Phi) is 4.20. The molecule has 26 heavy (non-hydrogen) atoms. The molecule has 0 bridgehead atoms. The summed E-state index contributed by atoms with van der Waals surface area (Å²) in [6.45, 7) is 3.65. The van der Waals surface area contributed by atoms with Crippen molar-refractivity contribution in [2.75, 3.05) is 4.90 Å². The van der Waals surface area contributed by atoms with Crippen LogP contribution >= 0.6 is 12.2 Å². The van der Waals surface area contributed by atoms with Crippen molar-refractivity contribution in [2.24, 2.45) is 0 Å². The lowest BCUT2D eigenvalue weighted by atomic mass is 10.0. The van der Waals surface area contributed by atoms with Gasteiger partial charge in [0.15, 0.2) is 5.11 Å². The molecule has 0 radical (unpaired) electrons. The second-order valence-electron chi connectivity index (χ2n) is 6.38. The van der Waals surface area contributed by atoms with E-state index in [1.165, 1.54) is 6.07 Å². The fourth-order valence-electron chi connectivity index (χ4n) is 3.31. The van der Waals surface area contributed by atoms with Gasteiger partial charge in [0.1, 0.15) is 23.4 Å². The monoisotopic (exact) mass is 367 g/mol. The van der Waals surface area contributed by atoms with E-state index >= 15 is 0 Å². The highest BCUT2D eigenvalue weighted by Crippen LogP contribution is 2.42. The summed E-state index contributed by atoms with van der Waals surface area (Å²) in [5, 5.41) is 3.91. The van der Waals surface area contributed by atoms with Crippen LogP contribution in [0.2, 0.25) is 0 Å². The predicted octanol–water partition coefficient (Wildman–Crippen LogP) is 4.61. The van der Waals surface area contributed by atoms with Crippen LogP contribution in [-0.4, -0.2) is 10.1 Å². The standard InChI is InChI=1S/C20H18FN3OS/c1-12-11-14(7-8-15(12)21)24-19(17-9-6-13(2)25-17)18(23-20(24)26)16-5-3-4-10-22-16/h3-11,18-19H,1-2H3,(H,23,26)/t18-,19-/m0/s1. The molecule has 1 aromatic carbocycles. The first-order valence-electron chi connectivity index (χ1n) is 8.38. The van der Waals surface area contributed by atoms with E-state index in [0.717, 1.165) is 22.9 Å². The van der Waals surface area contributed by atoms with Crippen molar-refractivity contribution in [2.45, 2.75) is 25.9 Å². The summed E-state index contributed by atoms with van der Waals surface area (Å²) in [7, 11) is 0. The number of furan rings is 1. The Balaban J connectivity index is 1.83. The first-order valence-corrected chi connectivity index (χ1v) is 8.78. The zero-order chi connectivity index (χ0) is 18.3. The molecule has 1 aliphatic heterocycles. The Morgan fingerprint density at radius 3 is 2.65 bits per heavy atom. The van der Waals surface area contributed by atoms with Gasteiger partial charge in [0, 0.05) is 11.9 Å². The van der Waals surface area contributed by atoms with E-state index in [-0.39, 0.29) is 17.9 Å². The summed E-state index contributed by atoms with van der Waals surface area (Å²) in [5.74, 6) is 1.37. The van der Waals surface area contributed by atoms with E-state index in [2.05, 4.69) is 10.3 Å². The van der Waals surface area contributed by atoms with Crippen LogP contribution in [0.15, 0.2) is 59.1 Å². The molecule has 4 nitrogen and oxygen atoms in total. The van der Waals surface area contributed by atoms with E-state index in [4.69, 9.17) is 16.6 Å². The molecular formula is C20H18FN3OS. The quantitative estimate of drug-likeness (QED) is 0.685. The molecule has 1 fully saturated rings. The minimum absolute atomic E-state index is 0.167. The summed E-state index contributed by atoms with van der Waals surface area (Å²) >= 11 is 5.61. The number of benzene rings is 1. The van der Waals surface area contributed by atoms with Crippen LogP contribution in [0.4, 0.5) is 10.1 Å². The number of nitrogens with one attached hydrogen (secondary N) is 1. The van der Waals surface area contributed by atoms with Crippen molar-refractivity contribution < 1.29 is 8.81 Å². The van der Waals surface area contributed by atoms with Gasteiger partial charge in [-0.05, 0) is 74.1 Å². The lowest BCUT2D eigenvalue weighted by molar-refractivity contribution is 0.418. The van der Waals surface area contributed by atoms with Crippen LogP contribution < -0.4 is 10.2 Å².